The molecule has 0 bridgehead atoms. The molecule has 0 aromatic heterocycles. The molecule has 4 nitrogen and oxygen atoms in total. The van der Waals surface area contributed by atoms with E-state index in [0.29, 0.717) is 13.0 Å². The summed E-state index contributed by atoms with van der Waals surface area (Å²) in [5.41, 5.74) is 6.09. The van der Waals surface area contributed by atoms with Crippen molar-refractivity contribution in [2.45, 2.75) is 65.3 Å². The number of rotatable bonds is 7. The summed E-state index contributed by atoms with van der Waals surface area (Å²) in [5, 5.41) is 3.21. The molecule has 1 rings (SSSR count). The molecule has 4 heteroatoms. The van der Waals surface area contributed by atoms with Crippen LogP contribution in [0.4, 0.5) is 0 Å². The van der Waals surface area contributed by atoms with Crippen molar-refractivity contribution in [2.75, 3.05) is 27.2 Å². The van der Waals surface area contributed by atoms with Crippen LogP contribution in [-0.2, 0) is 4.79 Å². The van der Waals surface area contributed by atoms with Crippen LogP contribution in [0.2, 0.25) is 0 Å². The van der Waals surface area contributed by atoms with Crippen LogP contribution in [0.3, 0.4) is 0 Å². The summed E-state index contributed by atoms with van der Waals surface area (Å²) in [6, 6.07) is 0.158. The molecule has 0 saturated heterocycles. The van der Waals surface area contributed by atoms with Crippen molar-refractivity contribution >= 4 is 5.91 Å². The molecule has 3 N–H and O–H groups in total. The highest BCUT2D eigenvalue weighted by atomic mass is 16.1. The maximum atomic E-state index is 12.4. The van der Waals surface area contributed by atoms with Gasteiger partial charge in [-0.15, -0.1) is 0 Å². The third kappa shape index (κ3) is 5.59. The highest BCUT2D eigenvalue weighted by molar-refractivity contribution is 5.77. The molecule has 1 unspecified atom stereocenters. The average Bonchev–Trinajstić information content (AvgIpc) is 2.38. The first kappa shape index (κ1) is 18.4. The van der Waals surface area contributed by atoms with Crippen molar-refractivity contribution in [3.8, 4) is 0 Å². The second-order valence-electron chi connectivity index (χ2n) is 7.96. The van der Waals surface area contributed by atoms with Gasteiger partial charge in [0.15, 0.2) is 0 Å². The fourth-order valence-corrected chi connectivity index (χ4v) is 3.54. The molecule has 1 aliphatic rings. The third-order valence-electron chi connectivity index (χ3n) is 5.16. The molecule has 1 amide bonds. The smallest absolute Gasteiger partial charge is 0.220 e. The first-order chi connectivity index (χ1) is 9.71. The van der Waals surface area contributed by atoms with Crippen molar-refractivity contribution in [2.24, 2.45) is 16.6 Å². The largest absolute Gasteiger partial charge is 0.353 e. The molecule has 124 valence electrons. The summed E-state index contributed by atoms with van der Waals surface area (Å²) in [4.78, 5) is 14.6. The second kappa shape index (κ2) is 7.59. The second-order valence-corrected chi connectivity index (χ2v) is 7.96. The summed E-state index contributed by atoms with van der Waals surface area (Å²) < 4.78 is 0. The highest BCUT2D eigenvalue weighted by Crippen LogP contribution is 2.38. The van der Waals surface area contributed by atoms with E-state index in [1.165, 1.54) is 19.3 Å². The maximum absolute atomic E-state index is 12.4. The number of nitrogens with two attached hydrogens (primary N) is 1. The summed E-state index contributed by atoms with van der Waals surface area (Å²) in [7, 11) is 4.14. The van der Waals surface area contributed by atoms with Crippen molar-refractivity contribution in [3.05, 3.63) is 0 Å². The van der Waals surface area contributed by atoms with Crippen molar-refractivity contribution in [1.29, 1.82) is 0 Å². The van der Waals surface area contributed by atoms with Crippen LogP contribution in [-0.4, -0.2) is 44.0 Å². The Kier molecular flexibility index (Phi) is 6.67. The lowest BCUT2D eigenvalue weighted by atomic mass is 9.71. The highest BCUT2D eigenvalue weighted by Gasteiger charge is 2.34. The Bertz CT molecular complexity index is 333. The number of hydrogen-bond acceptors (Lipinski definition) is 3. The van der Waals surface area contributed by atoms with Gasteiger partial charge in [0.25, 0.3) is 0 Å². The van der Waals surface area contributed by atoms with Gasteiger partial charge in [-0.3, -0.25) is 4.79 Å². The van der Waals surface area contributed by atoms with Crippen LogP contribution in [0, 0.1) is 10.8 Å². The summed E-state index contributed by atoms with van der Waals surface area (Å²) in [6.45, 7) is 8.11. The minimum Gasteiger partial charge on any atom is -0.353 e. The maximum Gasteiger partial charge on any atom is 0.220 e. The zero-order chi connectivity index (χ0) is 16.1. The van der Waals surface area contributed by atoms with Crippen LogP contribution in [0.25, 0.3) is 0 Å². The Morgan fingerprint density at radius 3 is 2.33 bits per heavy atom. The fraction of sp³-hybridized carbons (Fsp3) is 0.941. The van der Waals surface area contributed by atoms with Crippen molar-refractivity contribution in [1.82, 2.24) is 10.2 Å². The standard InChI is InChI=1S/C17H35N3O/c1-14(16(2,3)13-20(4)5)19-15(21)11-17(12-18)9-7-6-8-10-17/h14H,6-13,18H2,1-5H3,(H,19,21). The van der Waals surface area contributed by atoms with E-state index in [1.54, 1.807) is 0 Å². The minimum absolute atomic E-state index is 0.0493. The quantitative estimate of drug-likeness (QED) is 0.758. The van der Waals surface area contributed by atoms with Gasteiger partial charge in [0.2, 0.25) is 5.91 Å². The Labute approximate surface area is 130 Å². The Morgan fingerprint density at radius 1 is 1.29 bits per heavy atom. The molecule has 1 aliphatic carbocycles. The number of amides is 1. The van der Waals surface area contributed by atoms with E-state index in [4.69, 9.17) is 5.73 Å². The number of carbonyl (C=O) groups is 1. The number of carbonyl (C=O) groups excluding carboxylic acids is 1. The van der Waals surface area contributed by atoms with Gasteiger partial charge in [-0.2, -0.15) is 0 Å². The Morgan fingerprint density at radius 2 is 1.86 bits per heavy atom. The summed E-state index contributed by atoms with van der Waals surface area (Å²) in [6.07, 6.45) is 6.51. The first-order valence-electron chi connectivity index (χ1n) is 8.35. The van der Waals surface area contributed by atoms with Gasteiger partial charge in [0, 0.05) is 19.0 Å². The zero-order valence-electron chi connectivity index (χ0n) is 14.7. The summed E-state index contributed by atoms with van der Waals surface area (Å²) >= 11 is 0. The predicted octanol–water partition coefficient (Wildman–Crippen LogP) is 2.38. The molecule has 0 heterocycles. The van der Waals surface area contributed by atoms with Gasteiger partial charge >= 0.3 is 0 Å². The predicted molar refractivity (Wildman–Crippen MR) is 89.1 cm³/mol. The molecular weight excluding hydrogens is 262 g/mol. The minimum atomic E-state index is 0.0493. The van der Waals surface area contributed by atoms with Gasteiger partial charge in [-0.1, -0.05) is 33.1 Å². The van der Waals surface area contributed by atoms with Crippen LogP contribution in [0.1, 0.15) is 59.3 Å². The lowest BCUT2D eigenvalue weighted by Crippen LogP contribution is -2.49. The number of hydrogen-bond donors (Lipinski definition) is 2. The molecular formula is C17H35N3O. The number of nitrogens with one attached hydrogen (secondary N) is 1. The van der Waals surface area contributed by atoms with E-state index in [9.17, 15) is 4.79 Å². The molecule has 0 aromatic rings. The van der Waals surface area contributed by atoms with E-state index < -0.39 is 0 Å². The van der Waals surface area contributed by atoms with Gasteiger partial charge in [0.1, 0.15) is 0 Å². The fourth-order valence-electron chi connectivity index (χ4n) is 3.54. The molecule has 0 aliphatic heterocycles. The molecule has 0 aromatic carbocycles. The third-order valence-corrected chi connectivity index (χ3v) is 5.16. The van der Waals surface area contributed by atoms with E-state index in [-0.39, 0.29) is 22.8 Å². The SMILES string of the molecule is CC(NC(=O)CC1(CN)CCCCC1)C(C)(C)CN(C)C. The Hall–Kier alpha value is -0.610. The zero-order valence-corrected chi connectivity index (χ0v) is 14.7. The lowest BCUT2D eigenvalue weighted by molar-refractivity contribution is -0.125. The number of nitrogens with zero attached hydrogens (tertiary/aromatic N) is 1. The normalized spacial score (nSPS) is 20.3. The van der Waals surface area contributed by atoms with Crippen molar-refractivity contribution < 1.29 is 4.79 Å². The van der Waals surface area contributed by atoms with Crippen LogP contribution in [0.5, 0.6) is 0 Å². The van der Waals surface area contributed by atoms with Gasteiger partial charge in [0.05, 0.1) is 0 Å². The van der Waals surface area contributed by atoms with Crippen LogP contribution >= 0.6 is 0 Å². The molecule has 1 fully saturated rings. The van der Waals surface area contributed by atoms with Crippen LogP contribution < -0.4 is 11.1 Å². The van der Waals surface area contributed by atoms with Crippen LogP contribution in [0.15, 0.2) is 0 Å². The average molecular weight is 297 g/mol. The molecule has 0 spiro atoms. The van der Waals surface area contributed by atoms with Gasteiger partial charge < -0.3 is 16.0 Å². The molecule has 0 radical (unpaired) electrons. The lowest BCUT2D eigenvalue weighted by Gasteiger charge is -2.38. The molecule has 1 saturated carbocycles. The Balaban J connectivity index is 2.55. The summed E-state index contributed by atoms with van der Waals surface area (Å²) in [5.74, 6) is 0.168. The van der Waals surface area contributed by atoms with E-state index in [0.717, 1.165) is 19.4 Å². The van der Waals surface area contributed by atoms with Gasteiger partial charge in [-0.05, 0) is 51.2 Å². The van der Waals surface area contributed by atoms with Gasteiger partial charge in [-0.25, -0.2) is 0 Å². The van der Waals surface area contributed by atoms with E-state index in [1.807, 2.05) is 0 Å². The van der Waals surface area contributed by atoms with E-state index in [2.05, 4.69) is 45.1 Å². The van der Waals surface area contributed by atoms with E-state index >= 15 is 0 Å². The molecule has 21 heavy (non-hydrogen) atoms. The monoisotopic (exact) mass is 297 g/mol. The first-order valence-corrected chi connectivity index (χ1v) is 8.35. The topological polar surface area (TPSA) is 58.4 Å². The molecule has 1 atom stereocenters. The van der Waals surface area contributed by atoms with Crippen molar-refractivity contribution in [3.63, 3.8) is 0 Å².